The number of carbonyl (C=O) groups excluding carboxylic acids is 3. The lowest BCUT2D eigenvalue weighted by molar-refractivity contribution is -0.135. The van der Waals surface area contributed by atoms with Crippen molar-refractivity contribution in [2.45, 2.75) is 0 Å². The van der Waals surface area contributed by atoms with Gasteiger partial charge in [0.25, 0.3) is 0 Å². The molecule has 1 fully saturated rings. The van der Waals surface area contributed by atoms with Crippen molar-refractivity contribution in [3.05, 3.63) is 0 Å². The molecule has 0 aromatic heterocycles. The largest absolute Gasteiger partial charge is 0.383 e. The average Bonchev–Trinajstić information content (AvgIpc) is 2.56. The van der Waals surface area contributed by atoms with Crippen molar-refractivity contribution in [1.82, 2.24) is 16.0 Å². The molecule has 0 radical (unpaired) electrons. The molecule has 16 heavy (non-hydrogen) atoms. The molecule has 3 amide bonds. The van der Waals surface area contributed by atoms with Crippen LogP contribution >= 0.6 is 0 Å². The van der Waals surface area contributed by atoms with Crippen molar-refractivity contribution in [2.75, 3.05) is 26.8 Å². The number of hydrogen-bond donors (Lipinski definition) is 3. The minimum Gasteiger partial charge on any atom is -0.383 e. The Labute approximate surface area is 91.4 Å². The van der Waals surface area contributed by atoms with Crippen molar-refractivity contribution in [1.29, 1.82) is 0 Å². The number of carbonyl (C=O) groups is 3. The van der Waals surface area contributed by atoms with E-state index >= 15 is 0 Å². The fourth-order valence-electron chi connectivity index (χ4n) is 0.938. The lowest BCUT2D eigenvalue weighted by Crippen LogP contribution is -2.32. The van der Waals surface area contributed by atoms with E-state index in [2.05, 4.69) is 20.9 Å². The second kappa shape index (κ2) is 5.81. The van der Waals surface area contributed by atoms with Gasteiger partial charge in [-0.25, -0.2) is 4.99 Å². The summed E-state index contributed by atoms with van der Waals surface area (Å²) in [5, 5.41) is 6.88. The molecule has 1 aliphatic heterocycles. The first-order valence-electron chi connectivity index (χ1n) is 4.56. The SMILES string of the molecule is COCCNC(=O)CN=C1NC(=O)C(=O)N1. The number of methoxy groups -OCH3 is 1. The molecule has 0 spiro atoms. The zero-order chi connectivity index (χ0) is 12.0. The van der Waals surface area contributed by atoms with Crippen molar-refractivity contribution < 1.29 is 19.1 Å². The molecule has 8 nitrogen and oxygen atoms in total. The summed E-state index contributed by atoms with van der Waals surface area (Å²) < 4.78 is 4.73. The van der Waals surface area contributed by atoms with Gasteiger partial charge in [-0.3, -0.25) is 25.0 Å². The van der Waals surface area contributed by atoms with E-state index in [9.17, 15) is 14.4 Å². The summed E-state index contributed by atoms with van der Waals surface area (Å²) in [5.74, 6) is -1.88. The van der Waals surface area contributed by atoms with Crippen molar-refractivity contribution in [3.8, 4) is 0 Å². The van der Waals surface area contributed by atoms with E-state index in [1.165, 1.54) is 7.11 Å². The van der Waals surface area contributed by atoms with Crippen LogP contribution in [-0.4, -0.2) is 50.5 Å². The summed E-state index contributed by atoms with van der Waals surface area (Å²) >= 11 is 0. The van der Waals surface area contributed by atoms with Crippen molar-refractivity contribution in [3.63, 3.8) is 0 Å². The number of hydrogen-bond acceptors (Lipinski definition) is 5. The summed E-state index contributed by atoms with van der Waals surface area (Å²) in [6.45, 7) is 0.633. The third-order valence-corrected chi connectivity index (χ3v) is 1.68. The lowest BCUT2D eigenvalue weighted by atomic mass is 10.5. The molecule has 1 saturated heterocycles. The van der Waals surface area contributed by atoms with Gasteiger partial charge in [0.2, 0.25) is 11.9 Å². The first-order chi connectivity index (χ1) is 7.63. The van der Waals surface area contributed by atoms with Crippen molar-refractivity contribution in [2.24, 2.45) is 4.99 Å². The van der Waals surface area contributed by atoms with Gasteiger partial charge >= 0.3 is 11.8 Å². The molecule has 3 N–H and O–H groups in total. The zero-order valence-electron chi connectivity index (χ0n) is 8.70. The third kappa shape index (κ3) is 3.65. The van der Waals surface area contributed by atoms with Gasteiger partial charge in [-0.1, -0.05) is 0 Å². The van der Waals surface area contributed by atoms with Gasteiger partial charge < -0.3 is 10.1 Å². The predicted octanol–water partition coefficient (Wildman–Crippen LogP) is -2.65. The first kappa shape index (κ1) is 12.1. The third-order valence-electron chi connectivity index (χ3n) is 1.68. The normalized spacial score (nSPS) is 14.4. The molecule has 0 atom stereocenters. The summed E-state index contributed by atoms with van der Waals surface area (Å²) in [6, 6.07) is 0. The predicted molar refractivity (Wildman–Crippen MR) is 53.5 cm³/mol. The Morgan fingerprint density at radius 2 is 2.00 bits per heavy atom. The monoisotopic (exact) mass is 228 g/mol. The summed E-state index contributed by atoms with van der Waals surface area (Å²) in [7, 11) is 1.52. The molecule has 1 rings (SSSR count). The van der Waals surface area contributed by atoms with Crippen LogP contribution in [0.25, 0.3) is 0 Å². The van der Waals surface area contributed by atoms with E-state index < -0.39 is 11.8 Å². The van der Waals surface area contributed by atoms with Crippen LogP contribution in [0.3, 0.4) is 0 Å². The van der Waals surface area contributed by atoms with E-state index in [4.69, 9.17) is 4.74 Å². The number of rotatable bonds is 5. The Morgan fingerprint density at radius 3 is 2.56 bits per heavy atom. The molecule has 0 bridgehead atoms. The van der Waals surface area contributed by atoms with Crippen LogP contribution in [0.15, 0.2) is 4.99 Å². The second-order valence-electron chi connectivity index (χ2n) is 2.92. The molecule has 8 heteroatoms. The first-order valence-corrected chi connectivity index (χ1v) is 4.56. The van der Waals surface area contributed by atoms with E-state index in [-0.39, 0.29) is 18.4 Å². The van der Waals surface area contributed by atoms with Crippen molar-refractivity contribution >= 4 is 23.7 Å². The van der Waals surface area contributed by atoms with Crippen LogP contribution < -0.4 is 16.0 Å². The fraction of sp³-hybridized carbons (Fsp3) is 0.500. The van der Waals surface area contributed by atoms with Crippen LogP contribution in [0.5, 0.6) is 0 Å². The van der Waals surface area contributed by atoms with Crippen LogP contribution in [0.4, 0.5) is 0 Å². The molecule has 88 valence electrons. The van der Waals surface area contributed by atoms with Gasteiger partial charge in [0, 0.05) is 13.7 Å². The highest BCUT2D eigenvalue weighted by molar-refractivity contribution is 6.45. The summed E-state index contributed by atoms with van der Waals surface area (Å²) in [4.78, 5) is 36.3. The van der Waals surface area contributed by atoms with Gasteiger partial charge in [0.15, 0.2) is 0 Å². The maximum absolute atomic E-state index is 11.1. The molecule has 0 aromatic carbocycles. The Bertz CT molecular complexity index is 321. The van der Waals surface area contributed by atoms with Gasteiger partial charge in [0.1, 0.15) is 6.54 Å². The number of ether oxygens (including phenoxy) is 1. The Hall–Kier alpha value is -1.96. The lowest BCUT2D eigenvalue weighted by Gasteiger charge is -2.01. The average molecular weight is 228 g/mol. The number of amides is 3. The molecule has 0 aliphatic carbocycles. The van der Waals surface area contributed by atoms with Gasteiger partial charge in [-0.2, -0.15) is 0 Å². The zero-order valence-corrected chi connectivity index (χ0v) is 8.70. The van der Waals surface area contributed by atoms with Crippen LogP contribution in [-0.2, 0) is 19.1 Å². The fourth-order valence-corrected chi connectivity index (χ4v) is 0.938. The number of nitrogens with one attached hydrogen (secondary N) is 3. The van der Waals surface area contributed by atoms with E-state index in [1.807, 2.05) is 0 Å². The molecule has 0 saturated carbocycles. The minimum absolute atomic E-state index is 0.00288. The Kier molecular flexibility index (Phi) is 4.40. The molecular formula is C8H12N4O4. The van der Waals surface area contributed by atoms with E-state index in [1.54, 1.807) is 0 Å². The molecule has 1 aliphatic rings. The summed E-state index contributed by atoms with van der Waals surface area (Å²) in [5.41, 5.74) is 0. The topological polar surface area (TPSA) is 109 Å². The summed E-state index contributed by atoms with van der Waals surface area (Å²) in [6.07, 6.45) is 0. The van der Waals surface area contributed by atoms with Crippen LogP contribution in [0.1, 0.15) is 0 Å². The maximum atomic E-state index is 11.1. The molecule has 1 heterocycles. The molecular weight excluding hydrogens is 216 g/mol. The highest BCUT2D eigenvalue weighted by atomic mass is 16.5. The minimum atomic E-state index is -0.779. The number of aliphatic imine (C=N–C) groups is 1. The maximum Gasteiger partial charge on any atom is 0.316 e. The highest BCUT2D eigenvalue weighted by Gasteiger charge is 2.24. The number of guanidine groups is 1. The van der Waals surface area contributed by atoms with Gasteiger partial charge in [-0.15, -0.1) is 0 Å². The standard InChI is InChI=1S/C8H12N4O4/c1-16-3-2-9-5(13)4-10-8-11-6(14)7(15)12-8/h2-4H2,1H3,(H,9,13)(H2,10,11,12,14,15). The van der Waals surface area contributed by atoms with E-state index in [0.717, 1.165) is 0 Å². The smallest absolute Gasteiger partial charge is 0.316 e. The quantitative estimate of drug-likeness (QED) is 0.352. The van der Waals surface area contributed by atoms with Gasteiger partial charge in [-0.05, 0) is 0 Å². The second-order valence-corrected chi connectivity index (χ2v) is 2.92. The number of nitrogens with zero attached hydrogens (tertiary/aromatic N) is 1. The Morgan fingerprint density at radius 1 is 1.38 bits per heavy atom. The molecule has 0 aromatic rings. The molecule has 0 unspecified atom stereocenters. The van der Waals surface area contributed by atoms with E-state index in [0.29, 0.717) is 13.2 Å². The van der Waals surface area contributed by atoms with Gasteiger partial charge in [0.05, 0.1) is 6.61 Å². The highest BCUT2D eigenvalue weighted by Crippen LogP contribution is 1.83. The van der Waals surface area contributed by atoms with Crippen LogP contribution in [0.2, 0.25) is 0 Å². The van der Waals surface area contributed by atoms with Crippen LogP contribution in [0, 0.1) is 0 Å². The Balaban J connectivity index is 2.28.